The fourth-order valence-electron chi connectivity index (χ4n) is 2.39. The molecular weight excluding hydrogens is 392 g/mol. The number of amides is 2. The Morgan fingerprint density at radius 3 is 2.47 bits per heavy atom. The van der Waals surface area contributed by atoms with Gasteiger partial charge in [0.2, 0.25) is 0 Å². The van der Waals surface area contributed by atoms with Gasteiger partial charge in [-0.15, -0.1) is 0 Å². The third-order valence-electron chi connectivity index (χ3n) is 3.96. The van der Waals surface area contributed by atoms with Gasteiger partial charge >= 0.3 is 0 Å². The summed E-state index contributed by atoms with van der Waals surface area (Å²) in [5, 5.41) is 19.3. The van der Waals surface area contributed by atoms with E-state index in [-0.39, 0.29) is 23.7 Å². The average Bonchev–Trinajstić information content (AvgIpc) is 2.71. The summed E-state index contributed by atoms with van der Waals surface area (Å²) in [4.78, 5) is 38.8. The van der Waals surface area contributed by atoms with Crippen LogP contribution in [-0.4, -0.2) is 36.7 Å². The van der Waals surface area contributed by atoms with Gasteiger partial charge in [-0.05, 0) is 29.7 Å². The number of ether oxygens (including phenoxy) is 1. The van der Waals surface area contributed by atoms with Crippen molar-refractivity contribution >= 4 is 35.1 Å². The molecule has 2 amide bonds. The molecule has 0 bridgehead atoms. The van der Waals surface area contributed by atoms with Crippen molar-refractivity contribution in [1.29, 1.82) is 0 Å². The molecule has 0 aliphatic heterocycles. The molecule has 0 aliphatic rings. The highest BCUT2D eigenvalue weighted by molar-refractivity contribution is 6.31. The van der Waals surface area contributed by atoms with Crippen LogP contribution < -0.4 is 15.4 Å². The number of oxime groups is 1. The Bertz CT molecular complexity index is 941. The zero-order valence-electron chi connectivity index (χ0n) is 16.7. The molecule has 0 atom stereocenters. The number of carbonyl (C=O) groups is 2. The van der Waals surface area contributed by atoms with Crippen LogP contribution in [0.4, 0.5) is 17.1 Å². The molecule has 0 radical (unpaired) electrons. The maximum absolute atomic E-state index is 11.9. The molecule has 2 N–H and O–H groups in total. The van der Waals surface area contributed by atoms with Gasteiger partial charge in [-0.3, -0.25) is 19.7 Å². The summed E-state index contributed by atoms with van der Waals surface area (Å²) in [6.07, 6.45) is 0.839. The number of anilines is 2. The summed E-state index contributed by atoms with van der Waals surface area (Å²) in [5.74, 6) is -0.576. The number of carbonyl (C=O) groups excluding carboxylic acids is 2. The van der Waals surface area contributed by atoms with Gasteiger partial charge in [0.05, 0.1) is 23.8 Å². The Balaban J connectivity index is 1.82. The summed E-state index contributed by atoms with van der Waals surface area (Å²) >= 11 is 0. The largest absolute Gasteiger partial charge is 0.494 e. The molecule has 30 heavy (non-hydrogen) atoms. The summed E-state index contributed by atoms with van der Waals surface area (Å²) in [5.41, 5.74) is 1.83. The second kappa shape index (κ2) is 10.6. The maximum atomic E-state index is 11.9. The van der Waals surface area contributed by atoms with E-state index in [0.29, 0.717) is 11.6 Å². The first-order valence-corrected chi connectivity index (χ1v) is 8.98. The van der Waals surface area contributed by atoms with Gasteiger partial charge in [0.15, 0.2) is 6.61 Å². The topological polar surface area (TPSA) is 132 Å². The maximum Gasteiger partial charge on any atom is 0.273 e. The van der Waals surface area contributed by atoms with E-state index in [2.05, 4.69) is 29.6 Å². The molecule has 0 saturated heterocycles. The van der Waals surface area contributed by atoms with Gasteiger partial charge in [0.25, 0.3) is 17.5 Å². The van der Waals surface area contributed by atoms with Gasteiger partial charge in [0.1, 0.15) is 12.0 Å². The molecule has 0 saturated carbocycles. The first-order chi connectivity index (χ1) is 14.3. The van der Waals surface area contributed by atoms with Crippen molar-refractivity contribution in [3.8, 4) is 5.75 Å². The molecule has 10 nitrogen and oxygen atoms in total. The fraction of sp³-hybridized carbons (Fsp3) is 0.250. The second-order valence-electron chi connectivity index (χ2n) is 6.46. The van der Waals surface area contributed by atoms with Gasteiger partial charge < -0.3 is 20.2 Å². The minimum absolute atomic E-state index is 0.120. The van der Waals surface area contributed by atoms with Gasteiger partial charge in [-0.2, -0.15) is 0 Å². The smallest absolute Gasteiger partial charge is 0.273 e. The second-order valence-corrected chi connectivity index (χ2v) is 6.46. The van der Waals surface area contributed by atoms with E-state index in [9.17, 15) is 19.7 Å². The van der Waals surface area contributed by atoms with Crippen LogP contribution in [-0.2, 0) is 14.4 Å². The van der Waals surface area contributed by atoms with Crippen LogP contribution in [0.5, 0.6) is 5.75 Å². The van der Waals surface area contributed by atoms with Crippen molar-refractivity contribution in [2.45, 2.75) is 19.8 Å². The monoisotopic (exact) mass is 414 g/mol. The number of nitrogens with one attached hydrogen (secondary N) is 2. The van der Waals surface area contributed by atoms with Crippen LogP contribution in [0.15, 0.2) is 47.6 Å². The van der Waals surface area contributed by atoms with E-state index >= 15 is 0 Å². The molecule has 10 heteroatoms. The summed E-state index contributed by atoms with van der Waals surface area (Å²) in [6.45, 7) is 3.77. The number of nitrogens with zero attached hydrogens (tertiary/aromatic N) is 2. The highest BCUT2D eigenvalue weighted by atomic mass is 16.6. The first-order valence-electron chi connectivity index (χ1n) is 8.98. The van der Waals surface area contributed by atoms with Crippen LogP contribution in [0, 0.1) is 10.1 Å². The predicted octanol–water partition coefficient (Wildman–Crippen LogP) is 3.31. The van der Waals surface area contributed by atoms with E-state index in [1.807, 2.05) is 12.1 Å². The highest BCUT2D eigenvalue weighted by Crippen LogP contribution is 2.28. The Morgan fingerprint density at radius 1 is 1.17 bits per heavy atom. The van der Waals surface area contributed by atoms with Gasteiger partial charge in [-0.1, -0.05) is 31.1 Å². The van der Waals surface area contributed by atoms with Gasteiger partial charge in [0, 0.05) is 11.8 Å². The molecule has 2 aromatic carbocycles. The van der Waals surface area contributed by atoms with Crippen molar-refractivity contribution in [1.82, 2.24) is 0 Å². The first kappa shape index (κ1) is 22.3. The molecule has 0 heterocycles. The van der Waals surface area contributed by atoms with Crippen LogP contribution in [0.3, 0.4) is 0 Å². The zero-order chi connectivity index (χ0) is 22.1. The Morgan fingerprint density at radius 2 is 1.87 bits per heavy atom. The van der Waals surface area contributed by atoms with Crippen LogP contribution in [0.1, 0.15) is 25.3 Å². The van der Waals surface area contributed by atoms with Gasteiger partial charge in [-0.25, -0.2) is 0 Å². The molecule has 0 spiro atoms. The highest BCUT2D eigenvalue weighted by Gasteiger charge is 2.12. The van der Waals surface area contributed by atoms with Crippen molar-refractivity contribution in [3.05, 3.63) is 58.1 Å². The molecule has 0 fully saturated rings. The standard InChI is InChI=1S/C20H22N4O6/c1-13(2)14-4-6-15(7-5-14)22-20(26)12-30-21-11-19(25)23-17-9-8-16(24(27)28)10-18(17)29-3/h4-11,13H,12H2,1-3H3,(H,22,26)(H,23,25)/b21-11-. The molecule has 0 unspecified atom stereocenters. The minimum atomic E-state index is -0.660. The third kappa shape index (κ3) is 6.59. The van der Waals surface area contributed by atoms with Crippen LogP contribution in [0.2, 0.25) is 0 Å². The lowest BCUT2D eigenvalue weighted by atomic mass is 10.0. The van der Waals surface area contributed by atoms with Crippen molar-refractivity contribution in [3.63, 3.8) is 0 Å². The average molecular weight is 414 g/mol. The normalized spacial score (nSPS) is 10.7. The number of hydrogen-bond acceptors (Lipinski definition) is 7. The van der Waals surface area contributed by atoms with E-state index < -0.39 is 16.7 Å². The number of rotatable bonds is 9. The zero-order valence-corrected chi connectivity index (χ0v) is 16.7. The van der Waals surface area contributed by atoms with Crippen LogP contribution in [0.25, 0.3) is 0 Å². The number of hydrogen-bond donors (Lipinski definition) is 2. The molecule has 2 aromatic rings. The summed E-state index contributed by atoms with van der Waals surface area (Å²) < 4.78 is 5.02. The molecular formula is C20H22N4O6. The lowest BCUT2D eigenvalue weighted by molar-refractivity contribution is -0.384. The molecule has 0 aromatic heterocycles. The number of methoxy groups -OCH3 is 1. The number of non-ortho nitro benzene ring substituents is 1. The lowest BCUT2D eigenvalue weighted by Gasteiger charge is -2.08. The Kier molecular flexibility index (Phi) is 7.86. The van der Waals surface area contributed by atoms with Crippen molar-refractivity contribution in [2.75, 3.05) is 24.4 Å². The Hall–Kier alpha value is -3.95. The van der Waals surface area contributed by atoms with Crippen LogP contribution >= 0.6 is 0 Å². The SMILES string of the molecule is COc1cc([N+](=O)[O-])ccc1NC(=O)/C=N\OCC(=O)Nc1ccc(C(C)C)cc1. The summed E-state index contributed by atoms with van der Waals surface area (Å²) in [7, 11) is 1.32. The minimum Gasteiger partial charge on any atom is -0.494 e. The van der Waals surface area contributed by atoms with E-state index in [1.54, 1.807) is 12.1 Å². The fourth-order valence-corrected chi connectivity index (χ4v) is 2.39. The summed E-state index contributed by atoms with van der Waals surface area (Å²) in [6, 6.07) is 11.2. The van der Waals surface area contributed by atoms with Crippen molar-refractivity contribution in [2.24, 2.45) is 5.16 Å². The van der Waals surface area contributed by atoms with Crippen molar-refractivity contribution < 1.29 is 24.1 Å². The number of nitro groups is 1. The van der Waals surface area contributed by atoms with E-state index in [0.717, 1.165) is 11.8 Å². The third-order valence-corrected chi connectivity index (χ3v) is 3.96. The quantitative estimate of drug-likeness (QED) is 0.367. The number of benzene rings is 2. The molecule has 2 rings (SSSR count). The lowest BCUT2D eigenvalue weighted by Crippen LogP contribution is -2.18. The molecule has 158 valence electrons. The van der Waals surface area contributed by atoms with E-state index in [4.69, 9.17) is 9.57 Å². The van der Waals surface area contributed by atoms with E-state index in [1.165, 1.54) is 25.3 Å². The molecule has 0 aliphatic carbocycles. The Labute approximate surface area is 173 Å². The predicted molar refractivity (Wildman–Crippen MR) is 112 cm³/mol. The number of nitro benzene ring substituents is 1.